The van der Waals surface area contributed by atoms with Crippen molar-refractivity contribution in [1.82, 2.24) is 10.6 Å². The first-order chi connectivity index (χ1) is 14.4. The maximum Gasteiger partial charge on any atom is 0.269 e. The van der Waals surface area contributed by atoms with Crippen molar-refractivity contribution in [1.29, 1.82) is 0 Å². The number of hydrogen-bond acceptors (Lipinski definition) is 5. The number of amides is 2. The van der Waals surface area contributed by atoms with Gasteiger partial charge in [0.15, 0.2) is 5.11 Å². The van der Waals surface area contributed by atoms with Crippen molar-refractivity contribution in [3.05, 3.63) is 75.8 Å². The Labute approximate surface area is 179 Å². The zero-order valence-corrected chi connectivity index (χ0v) is 17.2. The summed E-state index contributed by atoms with van der Waals surface area (Å²) in [5.74, 6) is -0.700. The summed E-state index contributed by atoms with van der Waals surface area (Å²) in [6.45, 7) is 2.62. The molecule has 0 fully saturated rings. The summed E-state index contributed by atoms with van der Waals surface area (Å²) < 4.78 is 0. The smallest absolute Gasteiger partial charge is 0.269 e. The molecule has 0 unspecified atom stereocenters. The predicted octanol–water partition coefficient (Wildman–Crippen LogP) is 3.65. The number of anilines is 1. The van der Waals surface area contributed by atoms with Crippen molar-refractivity contribution in [3.63, 3.8) is 0 Å². The number of hydrogen-bond donors (Lipinski definition) is 3. The van der Waals surface area contributed by atoms with E-state index in [1.807, 2.05) is 6.92 Å². The molecule has 2 aromatic rings. The van der Waals surface area contributed by atoms with Crippen LogP contribution in [0.15, 0.2) is 54.6 Å². The monoisotopic (exact) mass is 426 g/mol. The summed E-state index contributed by atoms with van der Waals surface area (Å²) in [5, 5.41) is 18.9. The highest BCUT2D eigenvalue weighted by Gasteiger charge is 2.12. The lowest BCUT2D eigenvalue weighted by atomic mass is 10.1. The molecule has 3 N–H and O–H groups in total. The fourth-order valence-corrected chi connectivity index (χ4v) is 2.66. The van der Waals surface area contributed by atoms with Crippen LogP contribution < -0.4 is 16.0 Å². The standard InChI is InChI=1S/C21H22N4O4S/c1-2-3-14-22-20(27)17-6-4-5-7-18(17)23-21(30)24-19(26)13-10-15-8-11-16(12-9-15)25(28)29/h4-13H,2-3,14H2,1H3,(H,22,27)(H2,23,24,26,30)/b13-10+. The molecule has 0 aliphatic rings. The Balaban J connectivity index is 1.94. The molecule has 2 rings (SSSR count). The van der Waals surface area contributed by atoms with Gasteiger partial charge in [0.1, 0.15) is 0 Å². The second-order valence-electron chi connectivity index (χ2n) is 6.28. The Bertz CT molecular complexity index is 958. The second-order valence-corrected chi connectivity index (χ2v) is 6.69. The number of nitrogens with zero attached hydrogens (tertiary/aromatic N) is 1. The summed E-state index contributed by atoms with van der Waals surface area (Å²) in [6, 6.07) is 12.6. The quantitative estimate of drug-likeness (QED) is 0.195. The number of nitro benzene ring substituents is 1. The van der Waals surface area contributed by atoms with E-state index >= 15 is 0 Å². The normalized spacial score (nSPS) is 10.4. The minimum atomic E-state index is -0.494. The molecule has 30 heavy (non-hydrogen) atoms. The zero-order chi connectivity index (χ0) is 21.9. The fourth-order valence-electron chi connectivity index (χ4n) is 2.45. The molecule has 0 atom stereocenters. The van der Waals surface area contributed by atoms with E-state index in [9.17, 15) is 19.7 Å². The van der Waals surface area contributed by atoms with Gasteiger partial charge in [-0.2, -0.15) is 0 Å². The van der Waals surface area contributed by atoms with Crippen LogP contribution in [-0.2, 0) is 4.79 Å². The number of para-hydroxylation sites is 1. The first kappa shape index (κ1) is 22.7. The molecule has 0 spiro atoms. The largest absolute Gasteiger partial charge is 0.352 e. The summed E-state index contributed by atoms with van der Waals surface area (Å²) in [7, 11) is 0. The minimum absolute atomic E-state index is 0.0284. The number of thiocarbonyl (C=S) groups is 1. The number of unbranched alkanes of at least 4 members (excludes halogenated alkanes) is 1. The van der Waals surface area contributed by atoms with Crippen LogP contribution in [0.5, 0.6) is 0 Å². The summed E-state index contributed by atoms with van der Waals surface area (Å²) in [5.41, 5.74) is 1.51. The van der Waals surface area contributed by atoms with E-state index in [0.29, 0.717) is 23.4 Å². The van der Waals surface area contributed by atoms with Gasteiger partial charge in [-0.1, -0.05) is 25.5 Å². The van der Waals surface area contributed by atoms with Crippen molar-refractivity contribution in [3.8, 4) is 0 Å². The van der Waals surface area contributed by atoms with Crippen molar-refractivity contribution >= 4 is 46.6 Å². The van der Waals surface area contributed by atoms with Gasteiger partial charge in [-0.05, 0) is 54.5 Å². The fraction of sp³-hybridized carbons (Fsp3) is 0.190. The van der Waals surface area contributed by atoms with E-state index in [4.69, 9.17) is 12.2 Å². The molecule has 2 amide bonds. The molecule has 8 nitrogen and oxygen atoms in total. The number of rotatable bonds is 8. The van der Waals surface area contributed by atoms with E-state index in [1.54, 1.807) is 24.3 Å². The molecular formula is C21H22N4O4S. The maximum absolute atomic E-state index is 12.3. The maximum atomic E-state index is 12.3. The van der Waals surface area contributed by atoms with Crippen LogP contribution in [-0.4, -0.2) is 28.4 Å². The first-order valence-electron chi connectivity index (χ1n) is 9.32. The Morgan fingerprint density at radius 3 is 2.50 bits per heavy atom. The van der Waals surface area contributed by atoms with E-state index in [2.05, 4.69) is 16.0 Å². The minimum Gasteiger partial charge on any atom is -0.352 e. The third-order valence-corrected chi connectivity index (χ3v) is 4.21. The van der Waals surface area contributed by atoms with Crippen LogP contribution >= 0.6 is 12.2 Å². The molecule has 9 heteroatoms. The van der Waals surface area contributed by atoms with Gasteiger partial charge >= 0.3 is 0 Å². The van der Waals surface area contributed by atoms with Gasteiger partial charge in [0, 0.05) is 24.8 Å². The first-order valence-corrected chi connectivity index (χ1v) is 9.73. The number of nitrogens with one attached hydrogen (secondary N) is 3. The van der Waals surface area contributed by atoms with Gasteiger partial charge in [-0.25, -0.2) is 0 Å². The number of nitro groups is 1. The lowest BCUT2D eigenvalue weighted by Crippen LogP contribution is -2.34. The Kier molecular flexibility index (Phi) is 8.64. The van der Waals surface area contributed by atoms with Crippen molar-refractivity contribution < 1.29 is 14.5 Å². The molecular weight excluding hydrogens is 404 g/mol. The second kappa shape index (κ2) is 11.4. The number of carbonyl (C=O) groups is 2. The molecule has 156 valence electrons. The molecule has 0 aliphatic carbocycles. The summed E-state index contributed by atoms with van der Waals surface area (Å²) in [6.07, 6.45) is 4.63. The van der Waals surface area contributed by atoms with Crippen LogP contribution in [0.2, 0.25) is 0 Å². The van der Waals surface area contributed by atoms with Gasteiger partial charge in [-0.15, -0.1) is 0 Å². The van der Waals surface area contributed by atoms with Crippen LogP contribution in [0.3, 0.4) is 0 Å². The van der Waals surface area contributed by atoms with Crippen LogP contribution in [0.4, 0.5) is 11.4 Å². The zero-order valence-electron chi connectivity index (χ0n) is 16.4. The number of carbonyl (C=O) groups excluding carboxylic acids is 2. The number of benzene rings is 2. The molecule has 0 saturated carbocycles. The molecule has 0 aliphatic heterocycles. The van der Waals surface area contributed by atoms with Crippen molar-refractivity contribution in [2.45, 2.75) is 19.8 Å². The molecule has 0 heterocycles. The molecule has 2 aromatic carbocycles. The van der Waals surface area contributed by atoms with Crippen LogP contribution in [0, 0.1) is 10.1 Å². The number of non-ortho nitro benzene ring substituents is 1. The molecule has 0 saturated heterocycles. The van der Waals surface area contributed by atoms with E-state index in [1.165, 1.54) is 36.4 Å². The highest BCUT2D eigenvalue weighted by Crippen LogP contribution is 2.15. The molecule has 0 aromatic heterocycles. The highest BCUT2D eigenvalue weighted by atomic mass is 32.1. The van der Waals surface area contributed by atoms with Gasteiger partial charge in [0.25, 0.3) is 11.6 Å². The van der Waals surface area contributed by atoms with Gasteiger partial charge < -0.3 is 10.6 Å². The van der Waals surface area contributed by atoms with Crippen LogP contribution in [0.1, 0.15) is 35.7 Å². The van der Waals surface area contributed by atoms with E-state index in [-0.39, 0.29) is 16.7 Å². The molecule has 0 radical (unpaired) electrons. The molecule has 0 bridgehead atoms. The Morgan fingerprint density at radius 2 is 1.83 bits per heavy atom. The van der Waals surface area contributed by atoms with Gasteiger partial charge in [0.05, 0.1) is 16.2 Å². The predicted molar refractivity (Wildman–Crippen MR) is 120 cm³/mol. The van der Waals surface area contributed by atoms with E-state index in [0.717, 1.165) is 12.8 Å². The summed E-state index contributed by atoms with van der Waals surface area (Å²) in [4.78, 5) is 34.6. The SMILES string of the molecule is CCCCNC(=O)c1ccccc1NC(=S)NC(=O)/C=C/c1ccc([N+](=O)[O-])cc1. The van der Waals surface area contributed by atoms with E-state index < -0.39 is 10.8 Å². The Morgan fingerprint density at radius 1 is 1.13 bits per heavy atom. The summed E-state index contributed by atoms with van der Waals surface area (Å²) >= 11 is 5.16. The Hall–Kier alpha value is -3.59. The van der Waals surface area contributed by atoms with Crippen LogP contribution in [0.25, 0.3) is 6.08 Å². The highest BCUT2D eigenvalue weighted by molar-refractivity contribution is 7.80. The third kappa shape index (κ3) is 7.10. The van der Waals surface area contributed by atoms with Crippen molar-refractivity contribution in [2.75, 3.05) is 11.9 Å². The lowest BCUT2D eigenvalue weighted by molar-refractivity contribution is -0.384. The average Bonchev–Trinajstić information content (AvgIpc) is 2.73. The topological polar surface area (TPSA) is 113 Å². The third-order valence-electron chi connectivity index (χ3n) is 4.00. The average molecular weight is 426 g/mol. The van der Waals surface area contributed by atoms with Gasteiger partial charge in [0.2, 0.25) is 5.91 Å². The lowest BCUT2D eigenvalue weighted by Gasteiger charge is -2.13. The van der Waals surface area contributed by atoms with Crippen molar-refractivity contribution in [2.24, 2.45) is 0 Å². The van der Waals surface area contributed by atoms with Gasteiger partial charge in [-0.3, -0.25) is 25.0 Å².